The predicted molar refractivity (Wildman–Crippen MR) is 75.1 cm³/mol. The Hall–Kier alpha value is -1.91. The van der Waals surface area contributed by atoms with E-state index in [0.717, 1.165) is 27.6 Å². The monoisotopic (exact) mass is 272 g/mol. The van der Waals surface area contributed by atoms with Crippen LogP contribution >= 0.6 is 11.6 Å². The molecule has 3 rings (SSSR count). The number of halogens is 1. The highest BCUT2D eigenvalue weighted by atomic mass is 35.5. The number of hydrogen-bond acceptors (Lipinski definition) is 3. The Morgan fingerprint density at radius 2 is 2.05 bits per heavy atom. The second-order valence-electron chi connectivity index (χ2n) is 4.38. The number of fused-ring (bicyclic) bond motifs is 1. The summed E-state index contributed by atoms with van der Waals surface area (Å²) >= 11 is 5.97. The van der Waals surface area contributed by atoms with Gasteiger partial charge in [0, 0.05) is 24.2 Å². The number of hydrogen-bond donors (Lipinski definition) is 1. The number of pyridine rings is 1. The summed E-state index contributed by atoms with van der Waals surface area (Å²) in [5.74, 6) is 0.774. The van der Waals surface area contributed by atoms with Crippen LogP contribution in [-0.2, 0) is 13.0 Å². The second kappa shape index (κ2) is 4.99. The van der Waals surface area contributed by atoms with E-state index < -0.39 is 0 Å². The zero-order valence-corrected chi connectivity index (χ0v) is 11.0. The quantitative estimate of drug-likeness (QED) is 0.797. The van der Waals surface area contributed by atoms with Crippen LogP contribution in [0.4, 0.5) is 0 Å². The van der Waals surface area contributed by atoms with E-state index in [2.05, 4.69) is 10.1 Å². The Balaban J connectivity index is 1.93. The van der Waals surface area contributed by atoms with Crippen molar-refractivity contribution in [2.24, 2.45) is 5.73 Å². The number of rotatable bonds is 3. The van der Waals surface area contributed by atoms with Crippen molar-refractivity contribution in [3.63, 3.8) is 0 Å². The average Bonchev–Trinajstić information content (AvgIpc) is 2.79. The van der Waals surface area contributed by atoms with E-state index in [1.54, 1.807) is 4.52 Å². The van der Waals surface area contributed by atoms with Gasteiger partial charge in [-0.15, -0.1) is 0 Å². The van der Waals surface area contributed by atoms with Crippen LogP contribution in [0.25, 0.3) is 5.65 Å². The van der Waals surface area contributed by atoms with E-state index >= 15 is 0 Å². The number of nitrogens with zero attached hydrogens (tertiary/aromatic N) is 3. The lowest BCUT2D eigenvalue weighted by molar-refractivity contribution is 0.884. The Morgan fingerprint density at radius 1 is 1.16 bits per heavy atom. The summed E-state index contributed by atoms with van der Waals surface area (Å²) in [5, 5.41) is 5.18. The topological polar surface area (TPSA) is 56.2 Å². The molecule has 0 bridgehead atoms. The third-order valence-corrected chi connectivity index (χ3v) is 3.16. The highest BCUT2D eigenvalue weighted by molar-refractivity contribution is 6.30. The minimum absolute atomic E-state index is 0.499. The fourth-order valence-corrected chi connectivity index (χ4v) is 2.21. The summed E-state index contributed by atoms with van der Waals surface area (Å²) in [6.07, 6.45) is 2.57. The fraction of sp³-hybridized carbons (Fsp3) is 0.143. The molecule has 0 spiro atoms. The molecule has 2 aromatic heterocycles. The van der Waals surface area contributed by atoms with Gasteiger partial charge >= 0.3 is 0 Å². The van der Waals surface area contributed by atoms with Gasteiger partial charge in [-0.2, -0.15) is 5.10 Å². The van der Waals surface area contributed by atoms with Crippen LogP contribution in [0.1, 0.15) is 17.0 Å². The molecule has 3 aromatic rings. The van der Waals surface area contributed by atoms with Crippen molar-refractivity contribution in [3.05, 3.63) is 64.6 Å². The van der Waals surface area contributed by atoms with Crippen LogP contribution in [0, 0.1) is 0 Å². The van der Waals surface area contributed by atoms with Crippen molar-refractivity contribution in [3.8, 4) is 0 Å². The minimum Gasteiger partial charge on any atom is -0.326 e. The normalized spacial score (nSPS) is 11.1. The fourth-order valence-electron chi connectivity index (χ4n) is 2.00. The van der Waals surface area contributed by atoms with Gasteiger partial charge in [-0.1, -0.05) is 29.8 Å². The molecule has 96 valence electrons. The molecule has 0 fully saturated rings. The molecule has 0 radical (unpaired) electrons. The summed E-state index contributed by atoms with van der Waals surface area (Å²) in [5.41, 5.74) is 8.57. The molecule has 0 saturated carbocycles. The first-order valence-electron chi connectivity index (χ1n) is 6.03. The Bertz CT molecular complexity index is 720. The van der Waals surface area contributed by atoms with E-state index in [1.165, 1.54) is 0 Å². The molecule has 0 aliphatic heterocycles. The van der Waals surface area contributed by atoms with Gasteiger partial charge in [0.25, 0.3) is 0 Å². The van der Waals surface area contributed by atoms with Gasteiger partial charge in [0.05, 0.1) is 0 Å². The van der Waals surface area contributed by atoms with Gasteiger partial charge < -0.3 is 5.73 Å². The van der Waals surface area contributed by atoms with Crippen LogP contribution in [0.15, 0.2) is 42.6 Å². The van der Waals surface area contributed by atoms with Gasteiger partial charge in [-0.25, -0.2) is 9.50 Å². The van der Waals surface area contributed by atoms with Gasteiger partial charge in [0.15, 0.2) is 11.5 Å². The molecule has 4 nitrogen and oxygen atoms in total. The molecule has 2 heterocycles. The van der Waals surface area contributed by atoms with Gasteiger partial charge in [0.2, 0.25) is 0 Å². The maximum atomic E-state index is 5.97. The second-order valence-corrected chi connectivity index (χ2v) is 4.82. The molecular formula is C14H13ClN4. The first-order valence-corrected chi connectivity index (χ1v) is 6.41. The predicted octanol–water partition coefficient (Wildman–Crippen LogP) is 2.43. The van der Waals surface area contributed by atoms with Gasteiger partial charge in [-0.05, 0) is 29.3 Å². The minimum atomic E-state index is 0.499. The van der Waals surface area contributed by atoms with Gasteiger partial charge in [-0.3, -0.25) is 0 Å². The number of nitrogens with two attached hydrogens (primary N) is 1. The lowest BCUT2D eigenvalue weighted by atomic mass is 10.1. The van der Waals surface area contributed by atoms with E-state index in [4.69, 9.17) is 17.3 Å². The zero-order chi connectivity index (χ0) is 13.2. The molecule has 2 N–H and O–H groups in total. The molecule has 0 atom stereocenters. The third kappa shape index (κ3) is 2.59. The van der Waals surface area contributed by atoms with Crippen LogP contribution < -0.4 is 5.73 Å². The van der Waals surface area contributed by atoms with Gasteiger partial charge in [0.1, 0.15) is 0 Å². The largest absolute Gasteiger partial charge is 0.326 e. The molecule has 0 aliphatic carbocycles. The maximum absolute atomic E-state index is 5.97. The van der Waals surface area contributed by atoms with E-state index in [0.29, 0.717) is 13.0 Å². The Morgan fingerprint density at radius 3 is 2.84 bits per heavy atom. The van der Waals surface area contributed by atoms with Crippen molar-refractivity contribution in [1.82, 2.24) is 14.6 Å². The lowest BCUT2D eigenvalue weighted by Crippen LogP contribution is -1.99. The smallest absolute Gasteiger partial charge is 0.156 e. The zero-order valence-electron chi connectivity index (χ0n) is 10.3. The van der Waals surface area contributed by atoms with Crippen molar-refractivity contribution in [2.75, 3.05) is 0 Å². The lowest BCUT2D eigenvalue weighted by Gasteiger charge is -1.97. The molecule has 1 aromatic carbocycles. The molecule has 0 saturated heterocycles. The van der Waals surface area contributed by atoms with E-state index in [9.17, 15) is 0 Å². The van der Waals surface area contributed by atoms with Crippen molar-refractivity contribution in [1.29, 1.82) is 0 Å². The molecule has 19 heavy (non-hydrogen) atoms. The Labute approximate surface area is 115 Å². The van der Waals surface area contributed by atoms with Crippen molar-refractivity contribution < 1.29 is 0 Å². The summed E-state index contributed by atoms with van der Waals surface area (Å²) in [4.78, 5) is 4.48. The van der Waals surface area contributed by atoms with Crippen LogP contribution in [0.3, 0.4) is 0 Å². The van der Waals surface area contributed by atoms with Crippen molar-refractivity contribution >= 4 is 17.2 Å². The standard InChI is InChI=1S/C14H13ClN4/c15-12-3-1-2-10(6-12)7-13-17-14-5-4-11(8-16)9-19(14)18-13/h1-6,9H,7-8,16H2. The first-order chi connectivity index (χ1) is 9.24. The van der Waals surface area contributed by atoms with Crippen LogP contribution in [-0.4, -0.2) is 14.6 Å². The molecule has 0 aliphatic rings. The first kappa shape index (κ1) is 12.1. The highest BCUT2D eigenvalue weighted by Gasteiger charge is 2.05. The molecule has 0 amide bonds. The Kier molecular flexibility index (Phi) is 3.19. The van der Waals surface area contributed by atoms with E-state index in [-0.39, 0.29) is 0 Å². The van der Waals surface area contributed by atoms with E-state index in [1.807, 2.05) is 42.6 Å². The molecule has 5 heteroatoms. The SMILES string of the molecule is NCc1ccc2nc(Cc3cccc(Cl)c3)nn2c1. The van der Waals surface area contributed by atoms with Crippen LogP contribution in [0.5, 0.6) is 0 Å². The summed E-state index contributed by atoms with van der Waals surface area (Å²) < 4.78 is 1.77. The summed E-state index contributed by atoms with van der Waals surface area (Å²) in [6, 6.07) is 11.6. The van der Waals surface area contributed by atoms with Crippen molar-refractivity contribution in [2.45, 2.75) is 13.0 Å². The molecule has 0 unspecified atom stereocenters. The average molecular weight is 273 g/mol. The maximum Gasteiger partial charge on any atom is 0.156 e. The summed E-state index contributed by atoms with van der Waals surface area (Å²) in [6.45, 7) is 0.499. The number of aromatic nitrogens is 3. The van der Waals surface area contributed by atoms with Crippen LogP contribution in [0.2, 0.25) is 5.02 Å². The summed E-state index contributed by atoms with van der Waals surface area (Å²) in [7, 11) is 0. The highest BCUT2D eigenvalue weighted by Crippen LogP contribution is 2.14. The third-order valence-electron chi connectivity index (χ3n) is 2.92. The number of benzene rings is 1. The molecular weight excluding hydrogens is 260 g/mol.